The lowest BCUT2D eigenvalue weighted by molar-refractivity contribution is -0.154. The highest BCUT2D eigenvalue weighted by atomic mass is 16.5. The predicted octanol–water partition coefficient (Wildman–Crippen LogP) is -1.13. The van der Waals surface area contributed by atoms with E-state index in [1.807, 2.05) is 6.92 Å². The summed E-state index contributed by atoms with van der Waals surface area (Å²) in [5.74, 6) is -0.337. The van der Waals surface area contributed by atoms with Crippen LogP contribution in [0.15, 0.2) is 0 Å². The lowest BCUT2D eigenvalue weighted by Crippen LogP contribution is -2.47. The topological polar surface area (TPSA) is 101 Å². The van der Waals surface area contributed by atoms with E-state index in [9.17, 15) is 4.79 Å². The minimum Gasteiger partial charge on any atom is -0.367 e. The van der Waals surface area contributed by atoms with Gasteiger partial charge in [-0.1, -0.05) is 20.8 Å². The quantitative estimate of drug-likeness (QED) is 0.437. The zero-order chi connectivity index (χ0) is 12.9. The van der Waals surface area contributed by atoms with Gasteiger partial charge in [0.15, 0.2) is 12.6 Å². The van der Waals surface area contributed by atoms with Gasteiger partial charge in [0.2, 0.25) is 5.91 Å². The van der Waals surface area contributed by atoms with Gasteiger partial charge in [0.25, 0.3) is 0 Å². The van der Waals surface area contributed by atoms with E-state index < -0.39 is 18.0 Å². The molecule has 0 aliphatic heterocycles. The fourth-order valence-electron chi connectivity index (χ4n) is 1.21. The van der Waals surface area contributed by atoms with Crippen molar-refractivity contribution in [3.8, 4) is 0 Å². The summed E-state index contributed by atoms with van der Waals surface area (Å²) in [5.41, 5.74) is -0.663. The molecule has 16 heavy (non-hydrogen) atoms. The van der Waals surface area contributed by atoms with E-state index in [1.165, 1.54) is 0 Å². The van der Waals surface area contributed by atoms with Crippen LogP contribution >= 0.6 is 0 Å². The smallest absolute Gasteiger partial charge is 0.228 e. The van der Waals surface area contributed by atoms with Gasteiger partial charge in [-0.05, 0) is 6.42 Å². The largest absolute Gasteiger partial charge is 0.367 e. The Hall–Kier alpha value is -0.690. The standard InChI is InChI=1S/C10H21NO5/c1-4-10(2,3)9(16)11(5-7(12)13)6-8(14)15/h7-8,12-15H,4-6H2,1-3H3. The van der Waals surface area contributed by atoms with Crippen LogP contribution in [0.1, 0.15) is 27.2 Å². The Morgan fingerprint density at radius 1 is 1.12 bits per heavy atom. The number of hydrogen-bond acceptors (Lipinski definition) is 5. The van der Waals surface area contributed by atoms with Crippen LogP contribution in [0.5, 0.6) is 0 Å². The summed E-state index contributed by atoms with van der Waals surface area (Å²) in [6, 6.07) is 0. The van der Waals surface area contributed by atoms with Gasteiger partial charge in [-0.2, -0.15) is 0 Å². The molecule has 0 heterocycles. The number of aliphatic hydroxyl groups excluding tert-OH is 2. The van der Waals surface area contributed by atoms with E-state index in [2.05, 4.69) is 0 Å². The second kappa shape index (κ2) is 6.15. The Balaban J connectivity index is 4.68. The molecule has 0 aliphatic rings. The number of carbonyl (C=O) groups is 1. The fourth-order valence-corrected chi connectivity index (χ4v) is 1.21. The van der Waals surface area contributed by atoms with Gasteiger partial charge in [-0.25, -0.2) is 0 Å². The van der Waals surface area contributed by atoms with E-state index in [1.54, 1.807) is 13.8 Å². The third kappa shape index (κ3) is 4.89. The van der Waals surface area contributed by atoms with E-state index in [0.717, 1.165) is 4.90 Å². The van der Waals surface area contributed by atoms with Crippen LogP contribution < -0.4 is 0 Å². The Morgan fingerprint density at radius 2 is 1.50 bits per heavy atom. The van der Waals surface area contributed by atoms with Gasteiger partial charge < -0.3 is 25.3 Å². The van der Waals surface area contributed by atoms with Crippen molar-refractivity contribution >= 4 is 5.91 Å². The molecular weight excluding hydrogens is 214 g/mol. The highest BCUT2D eigenvalue weighted by Crippen LogP contribution is 2.23. The minimum absolute atomic E-state index is 0.333. The first-order valence-electron chi connectivity index (χ1n) is 5.22. The summed E-state index contributed by atoms with van der Waals surface area (Å²) in [4.78, 5) is 13.0. The molecule has 0 aliphatic carbocycles. The van der Waals surface area contributed by atoms with Gasteiger partial charge in [-0.3, -0.25) is 4.79 Å². The van der Waals surface area contributed by atoms with Crippen molar-refractivity contribution in [3.05, 3.63) is 0 Å². The first-order valence-corrected chi connectivity index (χ1v) is 5.22. The summed E-state index contributed by atoms with van der Waals surface area (Å²) in [7, 11) is 0. The summed E-state index contributed by atoms with van der Waals surface area (Å²) < 4.78 is 0. The third-order valence-corrected chi connectivity index (χ3v) is 2.52. The van der Waals surface area contributed by atoms with Crippen molar-refractivity contribution in [1.29, 1.82) is 0 Å². The molecule has 6 heteroatoms. The summed E-state index contributed by atoms with van der Waals surface area (Å²) >= 11 is 0. The molecule has 4 N–H and O–H groups in total. The van der Waals surface area contributed by atoms with Crippen LogP contribution in [0, 0.1) is 5.41 Å². The van der Waals surface area contributed by atoms with Crippen LogP contribution in [0.4, 0.5) is 0 Å². The highest BCUT2D eigenvalue weighted by molar-refractivity contribution is 5.81. The monoisotopic (exact) mass is 235 g/mol. The molecule has 0 unspecified atom stereocenters. The maximum Gasteiger partial charge on any atom is 0.228 e. The maximum atomic E-state index is 11.9. The molecule has 0 rings (SSSR count). The minimum atomic E-state index is -1.68. The molecule has 0 aromatic rings. The van der Waals surface area contributed by atoms with Gasteiger partial charge in [0, 0.05) is 5.41 Å². The lowest BCUT2D eigenvalue weighted by atomic mass is 9.88. The molecule has 0 fully saturated rings. The second-order valence-electron chi connectivity index (χ2n) is 4.41. The van der Waals surface area contributed by atoms with Crippen LogP contribution in [-0.2, 0) is 4.79 Å². The summed E-state index contributed by atoms with van der Waals surface area (Å²) in [6.45, 7) is 4.60. The molecule has 6 nitrogen and oxygen atoms in total. The Bertz CT molecular complexity index is 217. The number of carbonyl (C=O) groups excluding carboxylic acids is 1. The molecule has 0 atom stereocenters. The van der Waals surface area contributed by atoms with Crippen molar-refractivity contribution in [2.45, 2.75) is 39.8 Å². The maximum absolute atomic E-state index is 11.9. The van der Waals surface area contributed by atoms with Crippen molar-refractivity contribution in [2.24, 2.45) is 5.41 Å². The Labute approximate surface area is 95.1 Å². The SMILES string of the molecule is CCC(C)(C)C(=O)N(CC(O)O)CC(O)O. The summed E-state index contributed by atoms with van der Waals surface area (Å²) in [6.07, 6.45) is -2.79. The first kappa shape index (κ1) is 15.3. The molecule has 96 valence electrons. The van der Waals surface area contributed by atoms with Crippen molar-refractivity contribution in [1.82, 2.24) is 4.90 Å². The molecular formula is C10H21NO5. The third-order valence-electron chi connectivity index (χ3n) is 2.52. The molecule has 0 spiro atoms. The molecule has 0 aromatic heterocycles. The molecule has 1 amide bonds. The molecule has 0 bridgehead atoms. The zero-order valence-electron chi connectivity index (χ0n) is 9.92. The number of nitrogens with zero attached hydrogens (tertiary/aromatic N) is 1. The average molecular weight is 235 g/mol. The molecule has 0 aromatic carbocycles. The van der Waals surface area contributed by atoms with E-state index in [0.29, 0.717) is 6.42 Å². The number of rotatable bonds is 6. The summed E-state index contributed by atoms with van der Waals surface area (Å²) in [5, 5.41) is 35.3. The second-order valence-corrected chi connectivity index (χ2v) is 4.41. The lowest BCUT2D eigenvalue weighted by Gasteiger charge is -2.32. The van der Waals surface area contributed by atoms with Gasteiger partial charge in [0.1, 0.15) is 0 Å². The van der Waals surface area contributed by atoms with E-state index >= 15 is 0 Å². The normalized spacial score (nSPS) is 12.3. The highest BCUT2D eigenvalue weighted by Gasteiger charge is 2.31. The van der Waals surface area contributed by atoms with Crippen LogP contribution in [0.2, 0.25) is 0 Å². The van der Waals surface area contributed by atoms with Crippen molar-refractivity contribution in [2.75, 3.05) is 13.1 Å². The molecule has 0 saturated carbocycles. The van der Waals surface area contributed by atoms with Crippen molar-refractivity contribution in [3.63, 3.8) is 0 Å². The predicted molar refractivity (Wildman–Crippen MR) is 57.1 cm³/mol. The van der Waals surface area contributed by atoms with Crippen molar-refractivity contribution < 1.29 is 25.2 Å². The first-order chi connectivity index (χ1) is 7.20. The van der Waals surface area contributed by atoms with Crippen LogP contribution in [-0.4, -0.2) is 56.9 Å². The van der Waals surface area contributed by atoms with Gasteiger partial charge in [-0.15, -0.1) is 0 Å². The van der Waals surface area contributed by atoms with Gasteiger partial charge >= 0.3 is 0 Å². The number of amides is 1. The molecule has 0 saturated heterocycles. The average Bonchev–Trinajstić information content (AvgIpc) is 2.14. The van der Waals surface area contributed by atoms with Crippen LogP contribution in [0.3, 0.4) is 0 Å². The number of aliphatic hydroxyl groups is 4. The number of hydrogen-bond donors (Lipinski definition) is 4. The van der Waals surface area contributed by atoms with Crippen LogP contribution in [0.25, 0.3) is 0 Å². The van der Waals surface area contributed by atoms with Gasteiger partial charge in [0.05, 0.1) is 13.1 Å². The van der Waals surface area contributed by atoms with E-state index in [-0.39, 0.29) is 19.0 Å². The molecule has 0 radical (unpaired) electrons. The fraction of sp³-hybridized carbons (Fsp3) is 0.900. The zero-order valence-corrected chi connectivity index (χ0v) is 9.92. The Morgan fingerprint density at radius 3 is 1.75 bits per heavy atom. The Kier molecular flexibility index (Phi) is 5.88. The van der Waals surface area contributed by atoms with E-state index in [4.69, 9.17) is 20.4 Å².